The average Bonchev–Trinajstić information content (AvgIpc) is 2.82. The molecular formula is C13H17FN4O. The lowest BCUT2D eigenvalue weighted by Crippen LogP contribution is -2.21. The monoisotopic (exact) mass is 264 g/mol. The van der Waals surface area contributed by atoms with E-state index in [0.717, 1.165) is 11.4 Å². The summed E-state index contributed by atoms with van der Waals surface area (Å²) in [6, 6.07) is 4.96. The standard InChI is InChI=1S/C13H17FN4O/c1-9(13-17-16-8-18(13)2)15-7-10-4-5-12(19-3)11(14)6-10/h4-6,8-9,15H,7H2,1-3H3. The Hall–Kier alpha value is -1.95. The smallest absolute Gasteiger partial charge is 0.165 e. The van der Waals surface area contributed by atoms with Gasteiger partial charge in [0.25, 0.3) is 0 Å². The molecule has 1 aromatic carbocycles. The summed E-state index contributed by atoms with van der Waals surface area (Å²) in [7, 11) is 3.34. The summed E-state index contributed by atoms with van der Waals surface area (Å²) < 4.78 is 20.3. The van der Waals surface area contributed by atoms with E-state index in [1.165, 1.54) is 13.2 Å². The molecule has 1 aromatic heterocycles. The first kappa shape index (κ1) is 13.5. The number of hydrogen-bond donors (Lipinski definition) is 1. The predicted octanol–water partition coefficient (Wildman–Crippen LogP) is 1.81. The SMILES string of the molecule is COc1ccc(CNC(C)c2nncn2C)cc1F. The molecular weight excluding hydrogens is 247 g/mol. The lowest BCUT2D eigenvalue weighted by atomic mass is 10.2. The Morgan fingerprint density at radius 3 is 2.84 bits per heavy atom. The molecule has 1 unspecified atom stereocenters. The summed E-state index contributed by atoms with van der Waals surface area (Å²) in [5.41, 5.74) is 0.854. The van der Waals surface area contributed by atoms with Gasteiger partial charge in [0.1, 0.15) is 12.2 Å². The van der Waals surface area contributed by atoms with Crippen LogP contribution in [0.1, 0.15) is 24.4 Å². The van der Waals surface area contributed by atoms with Crippen molar-refractivity contribution < 1.29 is 9.13 Å². The number of methoxy groups -OCH3 is 1. The number of nitrogens with zero attached hydrogens (tertiary/aromatic N) is 3. The van der Waals surface area contributed by atoms with E-state index in [9.17, 15) is 4.39 Å². The van der Waals surface area contributed by atoms with E-state index in [2.05, 4.69) is 15.5 Å². The molecule has 0 aliphatic carbocycles. The van der Waals surface area contributed by atoms with Crippen LogP contribution in [0.4, 0.5) is 4.39 Å². The first-order valence-electron chi connectivity index (χ1n) is 6.01. The molecule has 0 radical (unpaired) electrons. The van der Waals surface area contributed by atoms with Crippen LogP contribution in [0.3, 0.4) is 0 Å². The second kappa shape index (κ2) is 5.79. The van der Waals surface area contributed by atoms with Crippen LogP contribution in [0.2, 0.25) is 0 Å². The minimum Gasteiger partial charge on any atom is -0.494 e. The van der Waals surface area contributed by atoms with Crippen LogP contribution in [-0.4, -0.2) is 21.9 Å². The maximum atomic E-state index is 13.5. The van der Waals surface area contributed by atoms with Crippen molar-refractivity contribution in [2.75, 3.05) is 7.11 Å². The van der Waals surface area contributed by atoms with E-state index >= 15 is 0 Å². The minimum atomic E-state index is -0.354. The molecule has 6 heteroatoms. The van der Waals surface area contributed by atoms with Crippen molar-refractivity contribution in [2.45, 2.75) is 19.5 Å². The van der Waals surface area contributed by atoms with Gasteiger partial charge in [-0.2, -0.15) is 0 Å². The number of benzene rings is 1. The van der Waals surface area contributed by atoms with Gasteiger partial charge in [0.05, 0.1) is 13.2 Å². The van der Waals surface area contributed by atoms with Crippen LogP contribution >= 0.6 is 0 Å². The van der Waals surface area contributed by atoms with Crippen molar-refractivity contribution >= 4 is 0 Å². The zero-order valence-corrected chi connectivity index (χ0v) is 11.2. The number of nitrogens with one attached hydrogen (secondary N) is 1. The van der Waals surface area contributed by atoms with Crippen LogP contribution < -0.4 is 10.1 Å². The molecule has 0 fully saturated rings. The normalized spacial score (nSPS) is 12.4. The molecule has 1 heterocycles. The second-order valence-electron chi connectivity index (χ2n) is 4.37. The number of ether oxygens (including phenoxy) is 1. The molecule has 2 rings (SSSR count). The van der Waals surface area contributed by atoms with Crippen molar-refractivity contribution in [2.24, 2.45) is 7.05 Å². The van der Waals surface area contributed by atoms with Gasteiger partial charge < -0.3 is 14.6 Å². The van der Waals surface area contributed by atoms with Gasteiger partial charge in [-0.25, -0.2) is 4.39 Å². The molecule has 1 N–H and O–H groups in total. The van der Waals surface area contributed by atoms with E-state index in [1.807, 2.05) is 24.6 Å². The van der Waals surface area contributed by atoms with Crippen LogP contribution in [-0.2, 0) is 13.6 Å². The Bertz CT molecular complexity index is 555. The fraction of sp³-hybridized carbons (Fsp3) is 0.385. The highest BCUT2D eigenvalue weighted by Gasteiger charge is 2.11. The maximum absolute atomic E-state index is 13.5. The highest BCUT2D eigenvalue weighted by Crippen LogP contribution is 2.18. The molecule has 0 saturated carbocycles. The highest BCUT2D eigenvalue weighted by molar-refractivity contribution is 5.29. The van der Waals surface area contributed by atoms with Gasteiger partial charge >= 0.3 is 0 Å². The van der Waals surface area contributed by atoms with E-state index in [1.54, 1.807) is 12.4 Å². The van der Waals surface area contributed by atoms with Crippen LogP contribution in [0, 0.1) is 5.82 Å². The second-order valence-corrected chi connectivity index (χ2v) is 4.37. The first-order valence-corrected chi connectivity index (χ1v) is 6.01. The van der Waals surface area contributed by atoms with Crippen LogP contribution in [0.15, 0.2) is 24.5 Å². The Balaban J connectivity index is 1.99. The summed E-state index contributed by atoms with van der Waals surface area (Å²) in [6.45, 7) is 2.54. The number of aryl methyl sites for hydroxylation is 1. The van der Waals surface area contributed by atoms with Gasteiger partial charge in [0.2, 0.25) is 0 Å². The average molecular weight is 264 g/mol. The topological polar surface area (TPSA) is 52.0 Å². The minimum absolute atomic E-state index is 0.0395. The van der Waals surface area contributed by atoms with Gasteiger partial charge in [0, 0.05) is 13.6 Å². The Morgan fingerprint density at radius 2 is 2.26 bits per heavy atom. The van der Waals surface area contributed by atoms with Gasteiger partial charge in [0.15, 0.2) is 11.6 Å². The van der Waals surface area contributed by atoms with Crippen molar-refractivity contribution in [3.05, 3.63) is 41.7 Å². The zero-order valence-electron chi connectivity index (χ0n) is 11.2. The van der Waals surface area contributed by atoms with Crippen molar-refractivity contribution in [1.82, 2.24) is 20.1 Å². The molecule has 2 aromatic rings. The number of rotatable bonds is 5. The maximum Gasteiger partial charge on any atom is 0.165 e. The summed E-state index contributed by atoms with van der Waals surface area (Å²) in [5.74, 6) is 0.743. The molecule has 0 aliphatic rings. The third-order valence-electron chi connectivity index (χ3n) is 2.96. The predicted molar refractivity (Wildman–Crippen MR) is 69.2 cm³/mol. The Kier molecular flexibility index (Phi) is 4.11. The zero-order chi connectivity index (χ0) is 13.8. The summed E-state index contributed by atoms with van der Waals surface area (Å²) in [4.78, 5) is 0. The Morgan fingerprint density at radius 1 is 1.47 bits per heavy atom. The van der Waals surface area contributed by atoms with Crippen molar-refractivity contribution in [1.29, 1.82) is 0 Å². The molecule has 0 spiro atoms. The number of halogens is 1. The Labute approximate surface area is 111 Å². The molecule has 1 atom stereocenters. The summed E-state index contributed by atoms with van der Waals surface area (Å²) in [5, 5.41) is 11.1. The first-order chi connectivity index (χ1) is 9.11. The van der Waals surface area contributed by atoms with Crippen molar-refractivity contribution in [3.8, 4) is 5.75 Å². The van der Waals surface area contributed by atoms with E-state index in [4.69, 9.17) is 4.74 Å². The molecule has 19 heavy (non-hydrogen) atoms. The van der Waals surface area contributed by atoms with Crippen molar-refractivity contribution in [3.63, 3.8) is 0 Å². The van der Waals surface area contributed by atoms with Gasteiger partial charge in [-0.3, -0.25) is 0 Å². The quantitative estimate of drug-likeness (QED) is 0.895. The highest BCUT2D eigenvalue weighted by atomic mass is 19.1. The third-order valence-corrected chi connectivity index (χ3v) is 2.96. The van der Waals surface area contributed by atoms with Crippen LogP contribution in [0.5, 0.6) is 5.75 Å². The molecule has 0 amide bonds. The van der Waals surface area contributed by atoms with Gasteiger partial charge in [-0.15, -0.1) is 10.2 Å². The van der Waals surface area contributed by atoms with Gasteiger partial charge in [-0.05, 0) is 24.6 Å². The summed E-state index contributed by atoms with van der Waals surface area (Å²) in [6.07, 6.45) is 1.65. The lowest BCUT2D eigenvalue weighted by Gasteiger charge is -2.13. The lowest BCUT2D eigenvalue weighted by molar-refractivity contribution is 0.386. The van der Waals surface area contributed by atoms with Gasteiger partial charge in [-0.1, -0.05) is 6.07 Å². The number of hydrogen-bond acceptors (Lipinski definition) is 4. The third kappa shape index (κ3) is 3.08. The molecule has 102 valence electrons. The molecule has 5 nitrogen and oxygen atoms in total. The molecule has 0 bridgehead atoms. The largest absolute Gasteiger partial charge is 0.494 e. The van der Waals surface area contributed by atoms with E-state index in [0.29, 0.717) is 6.54 Å². The van der Waals surface area contributed by atoms with E-state index < -0.39 is 0 Å². The summed E-state index contributed by atoms with van der Waals surface area (Å²) >= 11 is 0. The molecule has 0 saturated heterocycles. The van der Waals surface area contributed by atoms with Crippen LogP contribution in [0.25, 0.3) is 0 Å². The number of aromatic nitrogens is 3. The molecule has 0 aliphatic heterocycles. The fourth-order valence-electron chi connectivity index (χ4n) is 1.87. The fourth-order valence-corrected chi connectivity index (χ4v) is 1.87. The van der Waals surface area contributed by atoms with E-state index in [-0.39, 0.29) is 17.6 Å².